The first kappa shape index (κ1) is 83.0. The van der Waals surface area contributed by atoms with Crippen molar-refractivity contribution in [2.75, 3.05) is 43.7 Å². The van der Waals surface area contributed by atoms with Crippen molar-refractivity contribution in [2.45, 2.75) is 63.0 Å². The summed E-state index contributed by atoms with van der Waals surface area (Å²) in [6, 6.07) is 39.9. The van der Waals surface area contributed by atoms with Gasteiger partial charge in [-0.25, -0.2) is 48.3 Å². The molecule has 15 rings (SSSR count). The number of amides is 1. The number of nitrogens with two attached hydrogens (primary N) is 1. The lowest BCUT2D eigenvalue weighted by Crippen LogP contribution is -2.28. The van der Waals surface area contributed by atoms with Crippen LogP contribution in [0.15, 0.2) is 208 Å². The fourth-order valence-corrected chi connectivity index (χ4v) is 14.4. The maximum absolute atomic E-state index is 12.2. The minimum atomic E-state index is -1.11. The van der Waals surface area contributed by atoms with Crippen molar-refractivity contribution in [3.63, 3.8) is 0 Å². The Bertz CT molecular complexity index is 6300. The number of aliphatic hydroxyl groups excluding tert-OH is 2. The molecule has 15 aromatic rings. The first-order valence-electron chi connectivity index (χ1n) is 33.3. The number of para-hydroxylation sites is 3. The Labute approximate surface area is 678 Å². The van der Waals surface area contributed by atoms with Crippen LogP contribution in [0, 0.1) is 11.3 Å². The van der Waals surface area contributed by atoms with Crippen LogP contribution in [0.3, 0.4) is 0 Å². The number of nitrogens with zero attached hydrogens (tertiary/aromatic N) is 16. The monoisotopic (exact) mass is 1700 g/mol. The molecule has 0 saturated heterocycles. The first-order chi connectivity index (χ1) is 54.4. The van der Waals surface area contributed by atoms with E-state index < -0.39 is 21.9 Å². The summed E-state index contributed by atoms with van der Waals surface area (Å²) in [6.45, 7) is 5.60. The Hall–Kier alpha value is -10.9. The minimum Gasteiger partial charge on any atom is -0.480 e. The second-order valence-electron chi connectivity index (χ2n) is 23.7. The molecule has 1 amide bonds. The molecule has 0 spiro atoms. The molecule has 33 nitrogen and oxygen atoms in total. The van der Waals surface area contributed by atoms with Gasteiger partial charge in [0.25, 0.3) is 27.8 Å². The van der Waals surface area contributed by atoms with E-state index >= 15 is 0 Å². The number of aliphatic hydroxyl groups is 2. The van der Waals surface area contributed by atoms with E-state index in [0.29, 0.717) is 150 Å². The maximum Gasteiger partial charge on any atom is 0.319 e. The topological polar surface area (TPSA) is 472 Å². The van der Waals surface area contributed by atoms with Crippen LogP contribution < -0.4 is 33.5 Å². The van der Waals surface area contributed by atoms with Crippen molar-refractivity contribution < 1.29 is 29.6 Å². The van der Waals surface area contributed by atoms with Gasteiger partial charge in [0.2, 0.25) is 5.91 Å². The predicted octanol–water partition coefficient (Wildman–Crippen LogP) is 10.3. The Kier molecular flexibility index (Phi) is 28.3. The molecule has 10 heterocycles. The highest BCUT2D eigenvalue weighted by Crippen LogP contribution is 2.32. The van der Waals surface area contributed by atoms with Gasteiger partial charge in [-0.2, -0.15) is 30.8 Å². The number of carboxylic acid groups (broad SMARTS) is 1. The Balaban J connectivity index is 0.000000140. The first-order valence-corrected chi connectivity index (χ1v) is 39.5. The number of aromatic amines is 5. The van der Waals surface area contributed by atoms with Crippen LogP contribution in [-0.4, -0.2) is 180 Å². The SMILES string of the molecule is CC(C)(Sc1nc2c(cnn2-c2ccccc2)c(=O)[nH]1)C(=O)O.CC(Sc1nc2c(cnn2-c2cccc(Cl)c2)c(=O)[nH]1)C(N)=O.N#CCSc1nc2c(cnn2-c2cccc(Cl)c2)c(=O)[nH]1.O=c1[nH]c(SCCCO)nc2c1cnn2-c1ccccc1Cl.O=c1[nH]c(SCCOCCO)nc2c1cnn2-c1ccccc1Cl. The molecule has 0 aliphatic carbocycles. The molecule has 0 aliphatic heterocycles. The number of carbonyl (C=O) groups is 2. The number of rotatable bonds is 23. The number of fused-ring (bicyclic) bond motifs is 5. The molecule has 0 aliphatic rings. The molecule has 0 saturated carbocycles. The lowest BCUT2D eigenvalue weighted by Gasteiger charge is -2.17. The summed E-state index contributed by atoms with van der Waals surface area (Å²) in [4.78, 5) is 118. The number of hydrogen-bond donors (Lipinski definition) is 9. The molecule has 0 fully saturated rings. The van der Waals surface area contributed by atoms with Crippen molar-refractivity contribution in [1.29, 1.82) is 5.26 Å². The smallest absolute Gasteiger partial charge is 0.319 e. The number of aromatic nitrogens is 20. The van der Waals surface area contributed by atoms with Crippen molar-refractivity contribution in [2.24, 2.45) is 5.73 Å². The lowest BCUT2D eigenvalue weighted by molar-refractivity contribution is -0.138. The third kappa shape index (κ3) is 20.7. The number of nitriles is 1. The summed E-state index contributed by atoms with van der Waals surface area (Å²) in [6.07, 6.45) is 7.94. The minimum absolute atomic E-state index is 0.0112. The van der Waals surface area contributed by atoms with Crippen LogP contribution in [0.2, 0.25) is 20.1 Å². The van der Waals surface area contributed by atoms with Crippen LogP contribution in [0.1, 0.15) is 27.2 Å². The molecule has 10 aromatic heterocycles. The van der Waals surface area contributed by atoms with E-state index in [1.807, 2.05) is 78.9 Å². The number of benzene rings is 5. The molecule has 1 atom stereocenters. The second kappa shape index (κ2) is 38.5. The van der Waals surface area contributed by atoms with Gasteiger partial charge < -0.3 is 50.7 Å². The van der Waals surface area contributed by atoms with Crippen molar-refractivity contribution in [1.82, 2.24) is 98.7 Å². The van der Waals surface area contributed by atoms with E-state index in [1.165, 1.54) is 59.2 Å². The maximum atomic E-state index is 12.2. The second-order valence-corrected chi connectivity index (χ2v) is 31.4. The number of H-pyrrole nitrogens is 5. The van der Waals surface area contributed by atoms with Gasteiger partial charge >= 0.3 is 5.97 Å². The summed E-state index contributed by atoms with van der Waals surface area (Å²) in [5.41, 5.74) is 9.41. The van der Waals surface area contributed by atoms with E-state index in [1.54, 1.807) is 94.1 Å². The van der Waals surface area contributed by atoms with Crippen LogP contribution in [0.5, 0.6) is 0 Å². The summed E-state index contributed by atoms with van der Waals surface area (Å²) in [7, 11) is 0. The standard InChI is InChI=1S/C15H15ClN4O3S.C15H14N4O3S.C14H12ClN5O2S.C14H13ClN4O2S.C13H8ClN5OS/c16-11-3-1-2-4-12(11)20-13-10(9-17-20)14(22)19-15(18-13)24-8-7-23-6-5-21;1-15(2,13(21)22)23-14-17-11-10(12(20)18-14)8-16-19(11)9-6-4-3-5-7-9;1-7(11(16)21)23-14-18-12-10(13(22)19-14)6-17-20(12)9-4-2-3-8(15)5-9;15-10-4-1-2-5-11(10)19-12-9(8-16-19)13(21)18-14(17-12)22-7-3-6-20;14-8-2-1-3-9(6-8)19-11-10(7-16-19)12(20)18-13(17-11)21-5-4-15/h1-4,9,21H,5-8H2,(H,18,19,22);3-8H,1-2H3,(H,21,22)(H,17,18,20);2-7H,1H3,(H2,16,21)(H,18,19,22);1-2,4-5,8,20H,3,6-7H2,(H,17,18,21);1-3,6-7H,5H2,(H,17,18,20). The van der Waals surface area contributed by atoms with Gasteiger partial charge in [0.15, 0.2) is 54.0 Å². The summed E-state index contributed by atoms with van der Waals surface area (Å²) in [5.74, 6) is 0.0162. The third-order valence-electron chi connectivity index (χ3n) is 15.4. The number of ether oxygens (including phenoxy) is 1. The van der Waals surface area contributed by atoms with Gasteiger partial charge in [0.1, 0.15) is 31.7 Å². The normalized spacial score (nSPS) is 11.5. The molecular weight excluding hydrogens is 1640 g/mol. The van der Waals surface area contributed by atoms with Gasteiger partial charge in [-0.15, -0.1) is 0 Å². The van der Waals surface area contributed by atoms with Gasteiger partial charge in [-0.3, -0.25) is 33.6 Å². The Morgan fingerprint density at radius 1 is 0.504 bits per heavy atom. The Morgan fingerprint density at radius 2 is 0.885 bits per heavy atom. The average Bonchev–Trinajstić information content (AvgIpc) is 1.67. The Morgan fingerprint density at radius 3 is 1.31 bits per heavy atom. The van der Waals surface area contributed by atoms with Gasteiger partial charge in [0, 0.05) is 28.2 Å². The van der Waals surface area contributed by atoms with E-state index in [9.17, 15) is 38.7 Å². The lowest BCUT2D eigenvalue weighted by atomic mass is 10.2. The van der Waals surface area contributed by atoms with Crippen molar-refractivity contribution in [3.05, 3.63) is 230 Å². The number of primary amides is 1. The number of nitrogens with one attached hydrogen (secondary N) is 5. The number of aliphatic carboxylic acids is 1. The number of halogens is 4. The zero-order chi connectivity index (χ0) is 80.5. The fraction of sp³-hybridized carbons (Fsp3) is 0.183. The highest BCUT2D eigenvalue weighted by atomic mass is 35.5. The van der Waals surface area contributed by atoms with Crippen LogP contribution >= 0.6 is 105 Å². The zero-order valence-corrected chi connectivity index (χ0v) is 66.2. The third-order valence-corrected chi connectivity index (χ3v) is 21.1. The number of carbonyl (C=O) groups excluding carboxylic acids is 1. The number of thioether (sulfide) groups is 5. The predicted molar refractivity (Wildman–Crippen MR) is 437 cm³/mol. The summed E-state index contributed by atoms with van der Waals surface area (Å²) in [5, 5.41) is 61.8. The van der Waals surface area contributed by atoms with Crippen LogP contribution in [0.25, 0.3) is 83.6 Å². The quantitative estimate of drug-likeness (QED) is 0.0163. The zero-order valence-electron chi connectivity index (χ0n) is 59.1. The van der Waals surface area contributed by atoms with Crippen molar-refractivity contribution in [3.8, 4) is 34.5 Å². The number of carboxylic acids is 1. The van der Waals surface area contributed by atoms with E-state index in [2.05, 4.69) is 75.3 Å². The summed E-state index contributed by atoms with van der Waals surface area (Å²) >= 11 is 30.3. The van der Waals surface area contributed by atoms with Crippen LogP contribution in [0.4, 0.5) is 0 Å². The average molecular weight is 1700 g/mol. The highest BCUT2D eigenvalue weighted by Gasteiger charge is 2.30. The molecule has 10 N–H and O–H groups in total. The fourth-order valence-electron chi connectivity index (χ4n) is 9.96. The largest absolute Gasteiger partial charge is 0.480 e. The molecule has 5 aromatic carbocycles. The molecular formula is C71H62Cl4N22O11S5. The molecule has 113 heavy (non-hydrogen) atoms. The molecule has 42 heteroatoms. The number of hydrogen-bond acceptors (Lipinski definition) is 26. The molecule has 1 unspecified atom stereocenters. The molecule has 0 bridgehead atoms. The molecule has 0 radical (unpaired) electrons. The van der Waals surface area contributed by atoms with Gasteiger partial charge in [-0.05, 0) is 100.0 Å². The van der Waals surface area contributed by atoms with Gasteiger partial charge in [-0.1, -0.05) is 160 Å². The van der Waals surface area contributed by atoms with Crippen LogP contribution in [-0.2, 0) is 14.3 Å². The van der Waals surface area contributed by atoms with E-state index in [4.69, 9.17) is 72.3 Å². The highest BCUT2D eigenvalue weighted by molar-refractivity contribution is 8.01. The van der Waals surface area contributed by atoms with E-state index in [-0.39, 0.29) is 51.9 Å². The van der Waals surface area contributed by atoms with Gasteiger partial charge in [0.05, 0.1) is 106 Å². The van der Waals surface area contributed by atoms with E-state index in [0.717, 1.165) is 41.0 Å². The molecule has 580 valence electrons. The van der Waals surface area contributed by atoms with Crippen molar-refractivity contribution >= 4 is 172 Å². The summed E-state index contributed by atoms with van der Waals surface area (Å²) < 4.78 is 11.8.